The smallest absolute Gasteiger partial charge is 0.0716 e. The number of benzene rings is 11. The first-order chi connectivity index (χ1) is 33.7. The first-order valence-corrected chi connectivity index (χ1v) is 24.3. The molecule has 0 saturated carbocycles. The lowest BCUT2D eigenvalue weighted by Gasteiger charge is -2.35. The fourth-order valence-electron chi connectivity index (χ4n) is 11.4. The predicted octanol–water partition coefficient (Wildman–Crippen LogP) is 18.4. The van der Waals surface area contributed by atoms with Gasteiger partial charge in [0.25, 0.3) is 0 Å². The van der Waals surface area contributed by atoms with Crippen LogP contribution in [0.2, 0.25) is 0 Å². The van der Waals surface area contributed by atoms with Crippen molar-refractivity contribution in [3.05, 3.63) is 283 Å². The van der Waals surface area contributed by atoms with Crippen LogP contribution in [0.3, 0.4) is 0 Å². The minimum atomic E-state index is -0.549. The van der Waals surface area contributed by atoms with E-state index >= 15 is 0 Å². The lowest BCUT2D eigenvalue weighted by molar-refractivity contribution is 0.761. The predicted molar refractivity (Wildman–Crippen MR) is 290 cm³/mol. The van der Waals surface area contributed by atoms with Crippen molar-refractivity contribution in [2.75, 3.05) is 4.90 Å². The highest BCUT2D eigenvalue weighted by Gasteiger charge is 2.48. The van der Waals surface area contributed by atoms with Crippen molar-refractivity contribution in [1.82, 2.24) is 0 Å². The van der Waals surface area contributed by atoms with E-state index in [1.165, 1.54) is 97.7 Å². The molecule has 1 aromatic heterocycles. The molecule has 2 heteroatoms. The largest absolute Gasteiger partial charge is 0.309 e. The second-order valence-corrected chi connectivity index (χ2v) is 19.0. The van der Waals surface area contributed by atoms with Crippen LogP contribution in [-0.2, 0) is 5.41 Å². The Kier molecular flexibility index (Phi) is 9.56. The molecule has 1 nitrogen and oxygen atoms in total. The lowest BCUT2D eigenvalue weighted by Crippen LogP contribution is -2.29. The summed E-state index contributed by atoms with van der Waals surface area (Å²) in [6.07, 6.45) is 0. The van der Waals surface area contributed by atoms with Gasteiger partial charge in [-0.1, -0.05) is 224 Å². The summed E-state index contributed by atoms with van der Waals surface area (Å²) >= 11 is 1.88. The van der Waals surface area contributed by atoms with Gasteiger partial charge in [0.1, 0.15) is 0 Å². The fourth-order valence-corrected chi connectivity index (χ4v) is 12.7. The minimum absolute atomic E-state index is 0.549. The monoisotopic (exact) mass is 883 g/mol. The molecule has 1 aliphatic rings. The number of anilines is 3. The van der Waals surface area contributed by atoms with E-state index in [-0.39, 0.29) is 0 Å². The molecular formula is C66H45NS. The number of rotatable bonds is 8. The van der Waals surface area contributed by atoms with Crippen molar-refractivity contribution in [2.24, 2.45) is 0 Å². The lowest BCUT2D eigenvalue weighted by atomic mass is 9.66. The average Bonchev–Trinajstić information content (AvgIpc) is 3.94. The Morgan fingerprint density at radius 1 is 0.368 bits per heavy atom. The van der Waals surface area contributed by atoms with Crippen LogP contribution in [0.25, 0.3) is 75.5 Å². The van der Waals surface area contributed by atoms with E-state index in [4.69, 9.17) is 0 Å². The summed E-state index contributed by atoms with van der Waals surface area (Å²) in [5, 5.41) is 5.08. The zero-order valence-electron chi connectivity index (χ0n) is 37.6. The second kappa shape index (κ2) is 16.2. The van der Waals surface area contributed by atoms with Gasteiger partial charge in [-0.15, -0.1) is 11.3 Å². The first-order valence-electron chi connectivity index (χ1n) is 23.5. The number of hydrogen-bond donors (Lipinski definition) is 0. The standard InChI is InChI=1S/C66H45NS/c1-44-20-8-12-34-57(44)66(48-25-6-3-7-26-48)58-35-13-9-29-56(58)64-59(66)36-19-38-61(64)67(49-42-40-46(41-43-49)51-31-18-33-55-53-28-11-15-39-62(53)68-65(51)55)60-37-14-10-27-52(60)54-32-17-24-47-23-16-30-50(63(47)54)45-21-4-2-5-22-45/h2-43H,1H3. The molecule has 1 heterocycles. The molecule has 320 valence electrons. The first kappa shape index (κ1) is 40.0. The van der Waals surface area contributed by atoms with Crippen molar-refractivity contribution >= 4 is 59.3 Å². The van der Waals surface area contributed by atoms with Crippen molar-refractivity contribution in [3.8, 4) is 44.5 Å². The number of thiophene rings is 1. The Morgan fingerprint density at radius 2 is 0.926 bits per heavy atom. The highest BCUT2D eigenvalue weighted by molar-refractivity contribution is 7.26. The second-order valence-electron chi connectivity index (χ2n) is 17.9. The van der Waals surface area contributed by atoms with Gasteiger partial charge in [-0.3, -0.25) is 0 Å². The van der Waals surface area contributed by atoms with Gasteiger partial charge in [0.05, 0.1) is 16.8 Å². The Bertz CT molecular complexity index is 3860. The quantitative estimate of drug-likeness (QED) is 0.147. The van der Waals surface area contributed by atoms with Crippen molar-refractivity contribution in [1.29, 1.82) is 0 Å². The molecule has 0 amide bonds. The van der Waals surface area contributed by atoms with E-state index in [1.54, 1.807) is 0 Å². The SMILES string of the molecule is Cc1ccccc1C1(c2ccccc2)c2ccccc2-c2c(N(c3ccc(-c4cccc5c4sc4ccccc45)cc3)c3ccccc3-c3cccc4cccc(-c5ccccc5)c34)cccc21. The van der Waals surface area contributed by atoms with Gasteiger partial charge in [-0.05, 0) is 109 Å². The van der Waals surface area contributed by atoms with Gasteiger partial charge in [-0.2, -0.15) is 0 Å². The van der Waals surface area contributed by atoms with Crippen LogP contribution >= 0.6 is 11.3 Å². The zero-order chi connectivity index (χ0) is 45.2. The van der Waals surface area contributed by atoms with E-state index < -0.39 is 5.41 Å². The number of aryl methyl sites for hydroxylation is 1. The molecular weight excluding hydrogens is 839 g/mol. The third kappa shape index (κ3) is 6.15. The maximum atomic E-state index is 2.54. The molecule has 0 radical (unpaired) electrons. The van der Waals surface area contributed by atoms with Crippen LogP contribution < -0.4 is 4.90 Å². The summed E-state index contributed by atoms with van der Waals surface area (Å²) in [7, 11) is 0. The fraction of sp³-hybridized carbons (Fsp3) is 0.0303. The topological polar surface area (TPSA) is 3.24 Å². The van der Waals surface area contributed by atoms with Gasteiger partial charge in [0.2, 0.25) is 0 Å². The Hall–Kier alpha value is -8.30. The van der Waals surface area contributed by atoms with Crippen LogP contribution in [0.1, 0.15) is 27.8 Å². The molecule has 0 spiro atoms. The van der Waals surface area contributed by atoms with E-state index in [0.29, 0.717) is 0 Å². The van der Waals surface area contributed by atoms with Crippen LogP contribution in [0, 0.1) is 6.92 Å². The molecule has 12 aromatic rings. The summed E-state index contributed by atoms with van der Waals surface area (Å²) in [5.74, 6) is 0. The normalized spacial score (nSPS) is 14.0. The molecule has 0 fully saturated rings. The molecule has 68 heavy (non-hydrogen) atoms. The molecule has 0 saturated heterocycles. The van der Waals surface area contributed by atoms with Crippen LogP contribution in [0.15, 0.2) is 255 Å². The summed E-state index contributed by atoms with van der Waals surface area (Å²) in [4.78, 5) is 2.54. The molecule has 11 aromatic carbocycles. The molecule has 1 aliphatic carbocycles. The molecule has 0 N–H and O–H groups in total. The summed E-state index contributed by atoms with van der Waals surface area (Å²) in [6, 6.07) is 94.4. The van der Waals surface area contributed by atoms with Gasteiger partial charge in [-0.25, -0.2) is 0 Å². The number of hydrogen-bond acceptors (Lipinski definition) is 2. The van der Waals surface area contributed by atoms with Gasteiger partial charge in [0, 0.05) is 37.0 Å². The van der Waals surface area contributed by atoms with E-state index in [0.717, 1.165) is 22.6 Å². The van der Waals surface area contributed by atoms with Crippen LogP contribution in [0.5, 0.6) is 0 Å². The molecule has 1 atom stereocenters. The summed E-state index contributed by atoms with van der Waals surface area (Å²) in [6.45, 7) is 2.27. The van der Waals surface area contributed by atoms with Crippen molar-refractivity contribution in [2.45, 2.75) is 12.3 Å². The highest BCUT2D eigenvalue weighted by atomic mass is 32.1. The average molecular weight is 884 g/mol. The maximum absolute atomic E-state index is 2.54. The zero-order valence-corrected chi connectivity index (χ0v) is 38.4. The molecule has 0 bridgehead atoms. The van der Waals surface area contributed by atoms with Crippen LogP contribution in [-0.4, -0.2) is 0 Å². The third-order valence-corrected chi connectivity index (χ3v) is 15.5. The third-order valence-electron chi connectivity index (χ3n) is 14.3. The van der Waals surface area contributed by atoms with Crippen molar-refractivity contribution in [3.63, 3.8) is 0 Å². The molecule has 1 unspecified atom stereocenters. The number of fused-ring (bicyclic) bond motifs is 7. The van der Waals surface area contributed by atoms with E-state index in [9.17, 15) is 0 Å². The maximum Gasteiger partial charge on any atom is 0.0716 e. The highest BCUT2D eigenvalue weighted by Crippen LogP contribution is 2.60. The number of nitrogens with zero attached hydrogens (tertiary/aromatic N) is 1. The summed E-state index contributed by atoms with van der Waals surface area (Å²) in [5.41, 5.74) is 18.9. The molecule has 13 rings (SSSR count). The Morgan fingerprint density at radius 3 is 1.74 bits per heavy atom. The Balaban J connectivity index is 1.09. The van der Waals surface area contributed by atoms with Crippen LogP contribution in [0.4, 0.5) is 17.1 Å². The van der Waals surface area contributed by atoms with Gasteiger partial charge >= 0.3 is 0 Å². The molecule has 0 aliphatic heterocycles. The van der Waals surface area contributed by atoms with Gasteiger partial charge in [0.15, 0.2) is 0 Å². The van der Waals surface area contributed by atoms with E-state index in [2.05, 4.69) is 267 Å². The summed E-state index contributed by atoms with van der Waals surface area (Å²) < 4.78 is 2.63. The van der Waals surface area contributed by atoms with Gasteiger partial charge < -0.3 is 4.90 Å². The number of para-hydroxylation sites is 1. The van der Waals surface area contributed by atoms with Crippen molar-refractivity contribution < 1.29 is 0 Å². The Labute approximate surface area is 401 Å². The minimum Gasteiger partial charge on any atom is -0.309 e. The van der Waals surface area contributed by atoms with E-state index in [1.807, 2.05) is 11.3 Å².